The number of aryl methyl sites for hydroxylation is 1. The number of nitrogens with zero attached hydrogens (tertiary/aromatic N) is 1. The van der Waals surface area contributed by atoms with E-state index in [2.05, 4.69) is 0 Å². The molecule has 5 heteroatoms. The van der Waals surface area contributed by atoms with Crippen molar-refractivity contribution < 1.29 is 4.79 Å². The van der Waals surface area contributed by atoms with Gasteiger partial charge in [-0.3, -0.25) is 4.79 Å². The molecular formula is C10H11Cl2NOS. The lowest BCUT2D eigenvalue weighted by atomic mass is 10.2. The zero-order chi connectivity index (χ0) is 11.6. The topological polar surface area (TPSA) is 20.3 Å². The van der Waals surface area contributed by atoms with Crippen molar-refractivity contribution in [3.05, 3.63) is 27.7 Å². The SMILES string of the molecule is Cc1cc(Cl)c(SC(=O)N(C)C)c(Cl)c1. The van der Waals surface area contributed by atoms with Crippen LogP contribution in [0.4, 0.5) is 4.79 Å². The van der Waals surface area contributed by atoms with Crippen molar-refractivity contribution in [1.29, 1.82) is 0 Å². The van der Waals surface area contributed by atoms with E-state index in [1.165, 1.54) is 4.90 Å². The Hall–Kier alpha value is -0.380. The molecule has 2 nitrogen and oxygen atoms in total. The fraction of sp³-hybridized carbons (Fsp3) is 0.300. The van der Waals surface area contributed by atoms with Gasteiger partial charge in [0.25, 0.3) is 5.24 Å². The molecule has 82 valence electrons. The van der Waals surface area contributed by atoms with Gasteiger partial charge < -0.3 is 4.90 Å². The highest BCUT2D eigenvalue weighted by molar-refractivity contribution is 8.13. The quantitative estimate of drug-likeness (QED) is 0.712. The van der Waals surface area contributed by atoms with Crippen LogP contribution in [0.3, 0.4) is 0 Å². The Balaban J connectivity index is 3.00. The second kappa shape index (κ2) is 5.10. The molecule has 0 aliphatic carbocycles. The lowest BCUT2D eigenvalue weighted by Crippen LogP contribution is -2.16. The molecule has 15 heavy (non-hydrogen) atoms. The van der Waals surface area contributed by atoms with E-state index < -0.39 is 0 Å². The van der Waals surface area contributed by atoms with Crippen LogP contribution in [-0.4, -0.2) is 24.2 Å². The van der Waals surface area contributed by atoms with E-state index in [4.69, 9.17) is 23.2 Å². The number of hydrogen-bond donors (Lipinski definition) is 0. The van der Waals surface area contributed by atoms with Crippen molar-refractivity contribution in [2.75, 3.05) is 14.1 Å². The predicted molar refractivity (Wildman–Crippen MR) is 66.1 cm³/mol. The number of thioether (sulfide) groups is 1. The summed E-state index contributed by atoms with van der Waals surface area (Å²) in [5.41, 5.74) is 0.978. The maximum Gasteiger partial charge on any atom is 0.286 e. The van der Waals surface area contributed by atoms with Crippen LogP contribution in [0.15, 0.2) is 17.0 Å². The Kier molecular flexibility index (Phi) is 4.32. The van der Waals surface area contributed by atoms with E-state index in [1.54, 1.807) is 26.2 Å². The van der Waals surface area contributed by atoms with Crippen LogP contribution in [-0.2, 0) is 0 Å². The molecule has 1 rings (SSSR count). The lowest BCUT2D eigenvalue weighted by molar-refractivity contribution is 0.241. The molecule has 1 aromatic rings. The van der Waals surface area contributed by atoms with Gasteiger partial charge in [-0.15, -0.1) is 0 Å². The Labute approximate surface area is 104 Å². The summed E-state index contributed by atoms with van der Waals surface area (Å²) in [6.45, 7) is 1.90. The van der Waals surface area contributed by atoms with Crippen molar-refractivity contribution in [2.45, 2.75) is 11.8 Å². The van der Waals surface area contributed by atoms with E-state index in [0.717, 1.165) is 17.3 Å². The summed E-state index contributed by atoms with van der Waals surface area (Å²) >= 11 is 13.1. The Morgan fingerprint density at radius 1 is 1.27 bits per heavy atom. The number of halogens is 2. The third-order valence-electron chi connectivity index (χ3n) is 1.70. The van der Waals surface area contributed by atoms with Crippen LogP contribution in [0, 0.1) is 6.92 Å². The van der Waals surface area contributed by atoms with Crippen molar-refractivity contribution in [3.8, 4) is 0 Å². The fourth-order valence-electron chi connectivity index (χ4n) is 0.963. The van der Waals surface area contributed by atoms with Crippen molar-refractivity contribution >= 4 is 40.2 Å². The molecule has 1 aromatic carbocycles. The maximum absolute atomic E-state index is 11.5. The van der Waals surface area contributed by atoms with Gasteiger partial charge in [-0.25, -0.2) is 0 Å². The first-order valence-electron chi connectivity index (χ1n) is 4.26. The van der Waals surface area contributed by atoms with Gasteiger partial charge in [-0.2, -0.15) is 0 Å². The summed E-state index contributed by atoms with van der Waals surface area (Å²) in [5, 5.41) is 0.933. The number of hydrogen-bond acceptors (Lipinski definition) is 2. The third-order valence-corrected chi connectivity index (χ3v) is 3.70. The number of rotatable bonds is 1. The molecule has 0 fully saturated rings. The molecule has 0 saturated carbocycles. The van der Waals surface area contributed by atoms with Crippen LogP contribution >= 0.6 is 35.0 Å². The molecule has 0 aliphatic rings. The van der Waals surface area contributed by atoms with E-state index >= 15 is 0 Å². The minimum absolute atomic E-state index is 0.0948. The Bertz CT molecular complexity index is 370. The molecule has 0 N–H and O–H groups in total. The summed E-state index contributed by atoms with van der Waals surface area (Å²) in [6.07, 6.45) is 0. The van der Waals surface area contributed by atoms with Crippen LogP contribution in [0.2, 0.25) is 10.0 Å². The first-order chi connectivity index (χ1) is 6.91. The first-order valence-corrected chi connectivity index (χ1v) is 5.84. The Morgan fingerprint density at radius 3 is 2.13 bits per heavy atom. The van der Waals surface area contributed by atoms with E-state index in [1.807, 2.05) is 6.92 Å². The average Bonchev–Trinajstić information content (AvgIpc) is 2.10. The minimum Gasteiger partial charge on any atom is -0.339 e. The molecule has 0 spiro atoms. The molecule has 0 aromatic heterocycles. The second-order valence-corrected chi connectivity index (χ2v) is 5.10. The summed E-state index contributed by atoms with van der Waals surface area (Å²) in [4.78, 5) is 13.6. The number of benzene rings is 1. The van der Waals surface area contributed by atoms with Gasteiger partial charge in [-0.05, 0) is 36.4 Å². The van der Waals surface area contributed by atoms with Crippen LogP contribution < -0.4 is 0 Å². The summed E-state index contributed by atoms with van der Waals surface area (Å²) in [5.74, 6) is 0. The van der Waals surface area contributed by atoms with Gasteiger partial charge in [0.2, 0.25) is 0 Å². The minimum atomic E-state index is -0.0948. The average molecular weight is 264 g/mol. The zero-order valence-corrected chi connectivity index (χ0v) is 11.0. The molecule has 0 unspecified atom stereocenters. The summed E-state index contributed by atoms with van der Waals surface area (Å²) in [6, 6.07) is 3.58. The van der Waals surface area contributed by atoms with Crippen LogP contribution in [0.5, 0.6) is 0 Å². The second-order valence-electron chi connectivity index (χ2n) is 3.32. The molecule has 0 aliphatic heterocycles. The molecule has 0 heterocycles. The van der Waals surface area contributed by atoms with Crippen molar-refractivity contribution in [2.24, 2.45) is 0 Å². The van der Waals surface area contributed by atoms with Gasteiger partial charge in [0.15, 0.2) is 0 Å². The van der Waals surface area contributed by atoms with E-state index in [9.17, 15) is 4.79 Å². The monoisotopic (exact) mass is 263 g/mol. The standard InChI is InChI=1S/C10H11Cl2NOS/c1-6-4-7(11)9(8(12)5-6)15-10(14)13(2)3/h4-5H,1-3H3. The number of carbonyl (C=O) groups excluding carboxylic acids is 1. The zero-order valence-electron chi connectivity index (χ0n) is 8.67. The summed E-state index contributed by atoms with van der Waals surface area (Å²) < 4.78 is 0. The highest BCUT2D eigenvalue weighted by atomic mass is 35.5. The summed E-state index contributed by atoms with van der Waals surface area (Å²) in [7, 11) is 3.37. The highest BCUT2D eigenvalue weighted by Gasteiger charge is 2.13. The third kappa shape index (κ3) is 3.30. The Morgan fingerprint density at radius 2 is 1.73 bits per heavy atom. The van der Waals surface area contributed by atoms with Gasteiger partial charge in [0, 0.05) is 14.1 Å². The molecule has 0 atom stereocenters. The first kappa shape index (κ1) is 12.7. The van der Waals surface area contributed by atoms with E-state index in [0.29, 0.717) is 14.9 Å². The molecule has 0 bridgehead atoms. The largest absolute Gasteiger partial charge is 0.339 e. The highest BCUT2D eigenvalue weighted by Crippen LogP contribution is 2.35. The molecule has 0 radical (unpaired) electrons. The maximum atomic E-state index is 11.5. The lowest BCUT2D eigenvalue weighted by Gasteiger charge is -2.11. The fourth-order valence-corrected chi connectivity index (χ4v) is 2.46. The van der Waals surface area contributed by atoms with Crippen molar-refractivity contribution in [1.82, 2.24) is 4.90 Å². The number of amides is 1. The van der Waals surface area contributed by atoms with Gasteiger partial charge in [0.1, 0.15) is 0 Å². The van der Waals surface area contributed by atoms with Crippen LogP contribution in [0.25, 0.3) is 0 Å². The predicted octanol–water partition coefficient (Wildman–Crippen LogP) is 4.08. The number of carbonyl (C=O) groups is 1. The van der Waals surface area contributed by atoms with Gasteiger partial charge >= 0.3 is 0 Å². The molecule has 1 amide bonds. The van der Waals surface area contributed by atoms with E-state index in [-0.39, 0.29) is 5.24 Å². The normalized spacial score (nSPS) is 10.2. The molecular weight excluding hydrogens is 253 g/mol. The smallest absolute Gasteiger partial charge is 0.286 e. The van der Waals surface area contributed by atoms with Gasteiger partial charge in [-0.1, -0.05) is 23.2 Å². The van der Waals surface area contributed by atoms with Gasteiger partial charge in [0.05, 0.1) is 14.9 Å². The van der Waals surface area contributed by atoms with Crippen LogP contribution in [0.1, 0.15) is 5.56 Å². The molecule has 0 saturated heterocycles. The van der Waals surface area contributed by atoms with Crippen molar-refractivity contribution in [3.63, 3.8) is 0 Å².